The van der Waals surface area contributed by atoms with Crippen molar-refractivity contribution in [2.24, 2.45) is 0 Å². The Kier molecular flexibility index (Phi) is 6.10. The van der Waals surface area contributed by atoms with Crippen LogP contribution in [0.5, 0.6) is 17.2 Å². The Labute approximate surface area is 144 Å². The van der Waals surface area contributed by atoms with Crippen molar-refractivity contribution in [1.82, 2.24) is 0 Å². The van der Waals surface area contributed by atoms with E-state index >= 15 is 0 Å². The van der Waals surface area contributed by atoms with Crippen LogP contribution in [0.25, 0.3) is 0 Å². The second-order valence-corrected chi connectivity index (χ2v) is 6.34. The van der Waals surface area contributed by atoms with Gasteiger partial charge in [0.1, 0.15) is 56.6 Å². The smallest absolute Gasteiger partial charge is 0.137 e. The molecule has 24 heavy (non-hydrogen) atoms. The standard InChI is InChI=1S/C20H26N2O2/c1-2-21-11-13-22(14-12-21)15-16-23-19-9-6-10-20(17-19)24-18-7-4-3-5-8-18/h3-10,17H,2,11-16H2,1H3/p+2. The van der Waals surface area contributed by atoms with Crippen LogP contribution in [0.3, 0.4) is 0 Å². The quantitative estimate of drug-likeness (QED) is 0.781. The van der Waals surface area contributed by atoms with Crippen molar-refractivity contribution < 1.29 is 19.3 Å². The summed E-state index contributed by atoms with van der Waals surface area (Å²) in [7, 11) is 0. The van der Waals surface area contributed by atoms with Gasteiger partial charge in [-0.1, -0.05) is 24.3 Å². The maximum atomic E-state index is 5.93. The van der Waals surface area contributed by atoms with Gasteiger partial charge in [-0.05, 0) is 31.2 Å². The Morgan fingerprint density at radius 1 is 0.792 bits per heavy atom. The zero-order chi connectivity index (χ0) is 16.6. The molecular weight excluding hydrogens is 300 g/mol. The van der Waals surface area contributed by atoms with Gasteiger partial charge in [-0.15, -0.1) is 0 Å². The molecule has 4 nitrogen and oxygen atoms in total. The molecule has 1 aliphatic heterocycles. The molecule has 0 unspecified atom stereocenters. The molecule has 0 aliphatic carbocycles. The zero-order valence-corrected chi connectivity index (χ0v) is 14.5. The number of piperazine rings is 1. The van der Waals surface area contributed by atoms with Crippen molar-refractivity contribution >= 4 is 0 Å². The Morgan fingerprint density at radius 2 is 1.46 bits per heavy atom. The van der Waals surface area contributed by atoms with Gasteiger partial charge in [0.2, 0.25) is 0 Å². The van der Waals surface area contributed by atoms with Crippen LogP contribution in [0.1, 0.15) is 6.92 Å². The summed E-state index contributed by atoms with van der Waals surface area (Å²) in [4.78, 5) is 3.38. The summed E-state index contributed by atoms with van der Waals surface area (Å²) in [6.45, 7) is 10.4. The molecule has 1 aliphatic rings. The third kappa shape index (κ3) is 4.98. The van der Waals surface area contributed by atoms with Gasteiger partial charge in [-0.3, -0.25) is 0 Å². The third-order valence-electron chi connectivity index (χ3n) is 4.67. The molecule has 128 valence electrons. The van der Waals surface area contributed by atoms with E-state index in [0.29, 0.717) is 0 Å². The molecule has 1 fully saturated rings. The molecule has 2 N–H and O–H groups in total. The van der Waals surface area contributed by atoms with Crippen LogP contribution in [-0.2, 0) is 0 Å². The maximum absolute atomic E-state index is 5.93. The average Bonchev–Trinajstić information content (AvgIpc) is 2.63. The highest BCUT2D eigenvalue weighted by atomic mass is 16.5. The molecule has 0 amide bonds. The lowest BCUT2D eigenvalue weighted by atomic mass is 10.3. The number of para-hydroxylation sites is 1. The molecule has 0 saturated carbocycles. The van der Waals surface area contributed by atoms with Crippen molar-refractivity contribution in [3.8, 4) is 17.2 Å². The number of hydrogen-bond acceptors (Lipinski definition) is 2. The van der Waals surface area contributed by atoms with E-state index in [4.69, 9.17) is 9.47 Å². The predicted molar refractivity (Wildman–Crippen MR) is 95.3 cm³/mol. The second kappa shape index (κ2) is 8.71. The topological polar surface area (TPSA) is 27.3 Å². The van der Waals surface area contributed by atoms with Crippen LogP contribution >= 0.6 is 0 Å². The van der Waals surface area contributed by atoms with Crippen molar-refractivity contribution in [1.29, 1.82) is 0 Å². The lowest BCUT2D eigenvalue weighted by Gasteiger charge is -2.28. The van der Waals surface area contributed by atoms with Crippen LogP contribution in [-0.4, -0.2) is 45.9 Å². The molecule has 0 spiro atoms. The molecule has 0 radical (unpaired) electrons. The van der Waals surface area contributed by atoms with E-state index in [9.17, 15) is 0 Å². The lowest BCUT2D eigenvalue weighted by Crippen LogP contribution is -3.28. The number of nitrogens with one attached hydrogen (secondary N) is 2. The minimum atomic E-state index is 0.756. The maximum Gasteiger partial charge on any atom is 0.137 e. The summed E-state index contributed by atoms with van der Waals surface area (Å²) >= 11 is 0. The number of quaternary nitrogens is 2. The Balaban J connectivity index is 1.45. The van der Waals surface area contributed by atoms with E-state index in [-0.39, 0.29) is 0 Å². The van der Waals surface area contributed by atoms with E-state index in [2.05, 4.69) is 6.92 Å². The first kappa shape index (κ1) is 16.8. The van der Waals surface area contributed by atoms with Gasteiger partial charge in [0, 0.05) is 6.07 Å². The van der Waals surface area contributed by atoms with Gasteiger partial charge in [0.15, 0.2) is 0 Å². The molecule has 1 heterocycles. The predicted octanol–water partition coefficient (Wildman–Crippen LogP) is 0.661. The molecule has 2 aromatic carbocycles. The second-order valence-electron chi connectivity index (χ2n) is 6.34. The highest BCUT2D eigenvalue weighted by molar-refractivity contribution is 5.36. The first-order valence-electron chi connectivity index (χ1n) is 8.96. The van der Waals surface area contributed by atoms with Crippen LogP contribution in [0.4, 0.5) is 0 Å². The van der Waals surface area contributed by atoms with Gasteiger partial charge in [-0.25, -0.2) is 0 Å². The van der Waals surface area contributed by atoms with Gasteiger partial charge in [0.25, 0.3) is 0 Å². The van der Waals surface area contributed by atoms with Crippen LogP contribution in [0.2, 0.25) is 0 Å². The highest BCUT2D eigenvalue weighted by Crippen LogP contribution is 2.24. The Morgan fingerprint density at radius 3 is 2.21 bits per heavy atom. The number of likely N-dealkylation sites (N-methyl/N-ethyl adjacent to an activating group) is 1. The fourth-order valence-electron chi connectivity index (χ4n) is 3.13. The minimum Gasteiger partial charge on any atom is -0.488 e. The summed E-state index contributed by atoms with van der Waals surface area (Å²) < 4.78 is 11.8. The third-order valence-corrected chi connectivity index (χ3v) is 4.67. The normalized spacial score (nSPS) is 20.5. The lowest BCUT2D eigenvalue weighted by molar-refractivity contribution is -1.01. The fraction of sp³-hybridized carbons (Fsp3) is 0.400. The SMILES string of the molecule is CC[NH+]1CC[NH+](CCOc2cccc(Oc3ccccc3)c2)CC1. The summed E-state index contributed by atoms with van der Waals surface area (Å²) in [6.07, 6.45) is 0. The van der Waals surface area contributed by atoms with E-state index < -0.39 is 0 Å². The molecule has 4 heteroatoms. The minimum absolute atomic E-state index is 0.756. The number of ether oxygens (including phenoxy) is 2. The molecule has 0 bridgehead atoms. The zero-order valence-electron chi connectivity index (χ0n) is 14.5. The van der Waals surface area contributed by atoms with Crippen LogP contribution in [0.15, 0.2) is 54.6 Å². The highest BCUT2D eigenvalue weighted by Gasteiger charge is 2.21. The largest absolute Gasteiger partial charge is 0.488 e. The molecule has 1 saturated heterocycles. The van der Waals surface area contributed by atoms with Gasteiger partial charge in [-0.2, -0.15) is 0 Å². The Bertz CT molecular complexity index is 610. The van der Waals surface area contributed by atoms with Crippen LogP contribution in [0, 0.1) is 0 Å². The van der Waals surface area contributed by atoms with E-state index in [1.54, 1.807) is 9.80 Å². The summed E-state index contributed by atoms with van der Waals surface area (Å²) in [5.41, 5.74) is 0. The summed E-state index contributed by atoms with van der Waals surface area (Å²) in [6, 6.07) is 17.7. The molecule has 2 aromatic rings. The monoisotopic (exact) mass is 328 g/mol. The molecular formula is C20H28N2O2+2. The molecule has 3 rings (SSSR count). The number of benzene rings is 2. The fourth-order valence-corrected chi connectivity index (χ4v) is 3.13. The first-order valence-corrected chi connectivity index (χ1v) is 8.96. The van der Waals surface area contributed by atoms with E-state index in [1.807, 2.05) is 54.6 Å². The van der Waals surface area contributed by atoms with E-state index in [0.717, 1.165) is 30.4 Å². The number of rotatable bonds is 7. The first-order chi connectivity index (χ1) is 11.8. The number of hydrogen-bond donors (Lipinski definition) is 2. The van der Waals surface area contributed by atoms with Gasteiger partial charge in [0.05, 0.1) is 6.54 Å². The van der Waals surface area contributed by atoms with Crippen molar-refractivity contribution in [3.63, 3.8) is 0 Å². The van der Waals surface area contributed by atoms with Crippen LogP contribution < -0.4 is 19.3 Å². The van der Waals surface area contributed by atoms with Gasteiger partial charge < -0.3 is 19.3 Å². The summed E-state index contributed by atoms with van der Waals surface area (Å²) in [5.74, 6) is 2.53. The van der Waals surface area contributed by atoms with E-state index in [1.165, 1.54) is 32.7 Å². The summed E-state index contributed by atoms with van der Waals surface area (Å²) in [5, 5.41) is 0. The Hall–Kier alpha value is -2.04. The average molecular weight is 328 g/mol. The van der Waals surface area contributed by atoms with Crippen molar-refractivity contribution in [2.75, 3.05) is 45.9 Å². The van der Waals surface area contributed by atoms with Crippen molar-refractivity contribution in [3.05, 3.63) is 54.6 Å². The van der Waals surface area contributed by atoms with Crippen molar-refractivity contribution in [2.45, 2.75) is 6.92 Å². The molecule has 0 atom stereocenters. The molecule has 0 aromatic heterocycles. The van der Waals surface area contributed by atoms with Gasteiger partial charge >= 0.3 is 0 Å².